The Morgan fingerprint density at radius 2 is 1.90 bits per heavy atom. The van der Waals surface area contributed by atoms with E-state index in [2.05, 4.69) is 47.5 Å². The van der Waals surface area contributed by atoms with Gasteiger partial charge < -0.3 is 9.84 Å². The third-order valence-electron chi connectivity index (χ3n) is 4.80. The van der Waals surface area contributed by atoms with Gasteiger partial charge in [0.25, 0.3) is 5.89 Å². The summed E-state index contributed by atoms with van der Waals surface area (Å²) in [5, 5.41) is 7.08. The van der Waals surface area contributed by atoms with Crippen molar-refractivity contribution in [1.82, 2.24) is 10.1 Å². The second kappa shape index (κ2) is 9.27. The lowest BCUT2D eigenvalue weighted by molar-refractivity contribution is -0.115. The van der Waals surface area contributed by atoms with Crippen LogP contribution < -0.4 is 5.32 Å². The number of amides is 1. The van der Waals surface area contributed by atoms with Crippen molar-refractivity contribution in [3.63, 3.8) is 0 Å². The first kappa shape index (κ1) is 21.1. The number of thioether (sulfide) groups is 1. The number of carbonyl (C=O) groups excluding carboxylic acids is 1. The molecule has 0 aliphatic carbocycles. The number of nitrogens with zero attached hydrogens (tertiary/aromatic N) is 2. The average Bonchev–Trinajstić information content (AvgIpc) is 3.16. The second-order valence-corrected chi connectivity index (χ2v) is 8.67. The Hall–Kier alpha value is -2.60. The highest BCUT2D eigenvalue weighted by Crippen LogP contribution is 2.31. The Balaban J connectivity index is 1.67. The summed E-state index contributed by atoms with van der Waals surface area (Å²) in [5.74, 6) is 1.95. The van der Waals surface area contributed by atoms with Crippen molar-refractivity contribution >= 4 is 23.4 Å². The quantitative estimate of drug-likeness (QED) is 0.492. The molecule has 0 unspecified atom stereocenters. The number of aromatic nitrogens is 2. The van der Waals surface area contributed by atoms with Gasteiger partial charge in [0.1, 0.15) is 0 Å². The Morgan fingerprint density at radius 3 is 2.59 bits per heavy atom. The molecule has 29 heavy (non-hydrogen) atoms. The van der Waals surface area contributed by atoms with Gasteiger partial charge in [-0.1, -0.05) is 37.2 Å². The number of para-hydroxylation sites is 1. The van der Waals surface area contributed by atoms with Gasteiger partial charge in [0.15, 0.2) is 5.82 Å². The number of hydrogen-bond donors (Lipinski definition) is 1. The van der Waals surface area contributed by atoms with Gasteiger partial charge in [0.2, 0.25) is 5.91 Å². The molecule has 2 aromatic carbocycles. The summed E-state index contributed by atoms with van der Waals surface area (Å²) < 4.78 is 5.43. The van der Waals surface area contributed by atoms with Gasteiger partial charge in [0, 0.05) is 23.0 Å². The van der Waals surface area contributed by atoms with Crippen LogP contribution in [0.1, 0.15) is 48.7 Å². The molecular weight excluding hydrogens is 382 g/mol. The molecule has 5 nitrogen and oxygen atoms in total. The Kier molecular flexibility index (Phi) is 6.75. The van der Waals surface area contributed by atoms with E-state index in [1.165, 1.54) is 16.0 Å². The normalized spacial score (nSPS) is 11.1. The molecule has 1 aromatic heterocycles. The Bertz CT molecular complexity index is 1010. The maximum absolute atomic E-state index is 12.6. The fourth-order valence-electron chi connectivity index (χ4n) is 2.86. The van der Waals surface area contributed by atoms with Gasteiger partial charge >= 0.3 is 0 Å². The van der Waals surface area contributed by atoms with Crippen LogP contribution in [0.2, 0.25) is 0 Å². The molecule has 0 aliphatic heterocycles. The van der Waals surface area contributed by atoms with Gasteiger partial charge in [-0.15, -0.1) is 11.8 Å². The molecule has 1 heterocycles. The minimum absolute atomic E-state index is 0.0273. The number of anilines is 1. The van der Waals surface area contributed by atoms with E-state index >= 15 is 0 Å². The molecule has 0 spiro atoms. The molecule has 0 aliphatic rings. The van der Waals surface area contributed by atoms with Crippen LogP contribution in [0.15, 0.2) is 45.8 Å². The van der Waals surface area contributed by atoms with Crippen LogP contribution in [0.25, 0.3) is 11.5 Å². The highest BCUT2D eigenvalue weighted by molar-refractivity contribution is 7.99. The predicted molar refractivity (Wildman–Crippen MR) is 118 cm³/mol. The first-order chi connectivity index (χ1) is 13.8. The monoisotopic (exact) mass is 409 g/mol. The molecule has 1 N–H and O–H groups in total. The fraction of sp³-hybridized carbons (Fsp3) is 0.348. The number of rotatable bonds is 7. The van der Waals surface area contributed by atoms with Crippen molar-refractivity contribution in [2.75, 3.05) is 11.1 Å². The number of carbonyl (C=O) groups is 1. The molecule has 0 atom stereocenters. The van der Waals surface area contributed by atoms with E-state index in [4.69, 9.17) is 4.52 Å². The number of hydrogen-bond acceptors (Lipinski definition) is 5. The van der Waals surface area contributed by atoms with Crippen LogP contribution in [0.4, 0.5) is 5.69 Å². The molecule has 0 radical (unpaired) electrons. The van der Waals surface area contributed by atoms with Gasteiger partial charge in [-0.3, -0.25) is 4.79 Å². The van der Waals surface area contributed by atoms with E-state index in [0.717, 1.165) is 16.8 Å². The number of aryl methyl sites for hydroxylation is 3. The molecule has 0 fully saturated rings. The van der Waals surface area contributed by atoms with Gasteiger partial charge in [-0.25, -0.2) is 0 Å². The van der Waals surface area contributed by atoms with Crippen LogP contribution in [-0.4, -0.2) is 21.8 Å². The topological polar surface area (TPSA) is 68.0 Å². The molecule has 0 saturated carbocycles. The van der Waals surface area contributed by atoms with Crippen LogP contribution in [0.5, 0.6) is 0 Å². The first-order valence-electron chi connectivity index (χ1n) is 9.78. The van der Waals surface area contributed by atoms with Crippen molar-refractivity contribution in [1.29, 1.82) is 0 Å². The summed E-state index contributed by atoms with van der Waals surface area (Å²) in [6, 6.07) is 12.2. The zero-order valence-electron chi connectivity index (χ0n) is 17.6. The molecular formula is C23H27N3O2S. The van der Waals surface area contributed by atoms with Crippen LogP contribution in [0.3, 0.4) is 0 Å². The lowest BCUT2D eigenvalue weighted by atomic mass is 10.1. The number of benzene rings is 2. The fourth-order valence-corrected chi connectivity index (χ4v) is 3.81. The summed E-state index contributed by atoms with van der Waals surface area (Å²) in [7, 11) is 0. The van der Waals surface area contributed by atoms with E-state index in [9.17, 15) is 4.79 Å². The first-order valence-corrected chi connectivity index (χ1v) is 10.8. The van der Waals surface area contributed by atoms with E-state index in [1.54, 1.807) is 11.8 Å². The minimum Gasteiger partial charge on any atom is -0.334 e. The molecule has 3 aromatic rings. The largest absolute Gasteiger partial charge is 0.334 e. The number of nitrogens with one attached hydrogen (secondary N) is 1. The standard InChI is InChI=1S/C23H27N3O2S/c1-14(2)22-25-23(28-26-22)19-8-6-7-16(4)21(19)24-20(27)11-12-29-18-10-9-15(3)17(5)13-18/h6-10,13-14H,11-12H2,1-5H3,(H,24,27). The van der Waals surface area contributed by atoms with Gasteiger partial charge in [0.05, 0.1) is 11.3 Å². The van der Waals surface area contributed by atoms with Gasteiger partial charge in [-0.2, -0.15) is 4.98 Å². The van der Waals surface area contributed by atoms with Crippen LogP contribution in [-0.2, 0) is 4.79 Å². The van der Waals surface area contributed by atoms with Crippen LogP contribution >= 0.6 is 11.8 Å². The summed E-state index contributed by atoms with van der Waals surface area (Å²) >= 11 is 1.69. The minimum atomic E-state index is -0.0273. The average molecular weight is 410 g/mol. The highest BCUT2D eigenvalue weighted by Gasteiger charge is 2.17. The van der Waals surface area contributed by atoms with E-state index in [-0.39, 0.29) is 11.8 Å². The van der Waals surface area contributed by atoms with E-state index < -0.39 is 0 Å². The Morgan fingerprint density at radius 1 is 1.10 bits per heavy atom. The van der Waals surface area contributed by atoms with Crippen LogP contribution in [0, 0.1) is 20.8 Å². The van der Waals surface area contributed by atoms with Crippen molar-refractivity contribution in [3.8, 4) is 11.5 Å². The van der Waals surface area contributed by atoms with Gasteiger partial charge in [-0.05, 0) is 55.7 Å². The lowest BCUT2D eigenvalue weighted by Crippen LogP contribution is -2.14. The van der Waals surface area contributed by atoms with E-state index in [0.29, 0.717) is 23.9 Å². The molecule has 6 heteroatoms. The SMILES string of the molecule is Cc1ccc(SCCC(=O)Nc2c(C)cccc2-c2nc(C(C)C)no2)cc1C. The summed E-state index contributed by atoms with van der Waals surface area (Å²) in [5.41, 5.74) is 4.99. The predicted octanol–water partition coefficient (Wildman–Crippen LogP) is 5.91. The second-order valence-electron chi connectivity index (χ2n) is 7.50. The lowest BCUT2D eigenvalue weighted by Gasteiger charge is -2.12. The summed E-state index contributed by atoms with van der Waals surface area (Å²) in [6.07, 6.45) is 0.423. The highest BCUT2D eigenvalue weighted by atomic mass is 32.2. The maximum atomic E-state index is 12.6. The molecule has 0 bridgehead atoms. The molecule has 1 amide bonds. The van der Waals surface area contributed by atoms with Crippen molar-refractivity contribution in [2.45, 2.75) is 51.9 Å². The molecule has 0 saturated heterocycles. The summed E-state index contributed by atoms with van der Waals surface area (Å²) in [6.45, 7) is 10.2. The van der Waals surface area contributed by atoms with Crippen molar-refractivity contribution < 1.29 is 9.32 Å². The molecule has 3 rings (SSSR count). The summed E-state index contributed by atoms with van der Waals surface area (Å²) in [4.78, 5) is 18.2. The molecule has 152 valence electrons. The maximum Gasteiger partial charge on any atom is 0.260 e. The van der Waals surface area contributed by atoms with E-state index in [1.807, 2.05) is 39.0 Å². The van der Waals surface area contributed by atoms with Crippen molar-refractivity contribution in [2.24, 2.45) is 0 Å². The third-order valence-corrected chi connectivity index (χ3v) is 5.80. The van der Waals surface area contributed by atoms with Crippen molar-refractivity contribution in [3.05, 3.63) is 58.9 Å². The zero-order valence-corrected chi connectivity index (χ0v) is 18.4. The zero-order chi connectivity index (χ0) is 21.0. The smallest absolute Gasteiger partial charge is 0.260 e. The third kappa shape index (κ3) is 5.26. The Labute approximate surface area is 176 Å².